The van der Waals surface area contributed by atoms with Crippen LogP contribution < -0.4 is 5.32 Å². The van der Waals surface area contributed by atoms with Crippen LogP contribution in [0.25, 0.3) is 0 Å². The van der Waals surface area contributed by atoms with Crippen LogP contribution in [0.3, 0.4) is 0 Å². The van der Waals surface area contributed by atoms with E-state index in [-0.39, 0.29) is 23.7 Å². The van der Waals surface area contributed by atoms with Crippen LogP contribution >= 0.6 is 0 Å². The van der Waals surface area contributed by atoms with E-state index in [4.69, 9.17) is 0 Å². The Morgan fingerprint density at radius 3 is 2.95 bits per heavy atom. The maximum atomic E-state index is 13.3. The zero-order valence-corrected chi connectivity index (χ0v) is 12.1. The average Bonchev–Trinajstić information content (AvgIpc) is 2.49. The highest BCUT2D eigenvalue weighted by atomic mass is 19.1. The van der Waals surface area contributed by atoms with Gasteiger partial charge in [0.05, 0.1) is 0 Å². The molecule has 2 aliphatic rings. The number of rotatable bonds is 1. The number of carbonyl (C=O) groups is 2. The number of piperidine rings is 2. The number of nitrogens with zero attached hydrogens (tertiary/aromatic N) is 1. The van der Waals surface area contributed by atoms with E-state index in [1.165, 1.54) is 6.07 Å². The van der Waals surface area contributed by atoms with Gasteiger partial charge in [0.1, 0.15) is 5.82 Å². The van der Waals surface area contributed by atoms with Crippen molar-refractivity contribution in [3.05, 3.63) is 35.1 Å². The van der Waals surface area contributed by atoms with Crippen LogP contribution in [0.1, 0.15) is 35.2 Å². The largest absolute Gasteiger partial charge is 0.353 e. The summed E-state index contributed by atoms with van der Waals surface area (Å²) in [5.41, 5.74) is 1.02. The number of carbonyl (C=O) groups excluding carboxylic acids is 2. The molecule has 2 aliphatic heterocycles. The third-order valence-corrected chi connectivity index (χ3v) is 4.51. The molecule has 0 aliphatic carbocycles. The van der Waals surface area contributed by atoms with Crippen LogP contribution in [0.15, 0.2) is 18.2 Å². The summed E-state index contributed by atoms with van der Waals surface area (Å²) in [4.78, 5) is 25.7. The minimum Gasteiger partial charge on any atom is -0.353 e. The van der Waals surface area contributed by atoms with E-state index in [1.54, 1.807) is 19.1 Å². The number of benzene rings is 1. The van der Waals surface area contributed by atoms with Gasteiger partial charge in [0, 0.05) is 31.1 Å². The summed E-state index contributed by atoms with van der Waals surface area (Å²) in [6.45, 7) is 2.96. The number of nitrogens with one attached hydrogen (secondary N) is 1. The van der Waals surface area contributed by atoms with Gasteiger partial charge >= 0.3 is 0 Å². The van der Waals surface area contributed by atoms with Crippen molar-refractivity contribution in [3.63, 3.8) is 0 Å². The van der Waals surface area contributed by atoms with Crippen LogP contribution in [0, 0.1) is 18.7 Å². The predicted octanol–water partition coefficient (Wildman–Crippen LogP) is 1.87. The number of likely N-dealkylation sites (tertiary alicyclic amines) is 1. The van der Waals surface area contributed by atoms with Gasteiger partial charge in [-0.25, -0.2) is 4.39 Å². The molecule has 0 bridgehead atoms. The Hall–Kier alpha value is -1.91. The van der Waals surface area contributed by atoms with Crippen molar-refractivity contribution in [3.8, 4) is 0 Å². The summed E-state index contributed by atoms with van der Waals surface area (Å²) in [7, 11) is 0. The molecule has 4 nitrogen and oxygen atoms in total. The molecule has 0 saturated carbocycles. The van der Waals surface area contributed by atoms with Gasteiger partial charge in [0.15, 0.2) is 0 Å². The molecule has 2 atom stereocenters. The van der Waals surface area contributed by atoms with Crippen molar-refractivity contribution in [1.82, 2.24) is 10.2 Å². The molecule has 0 radical (unpaired) electrons. The molecule has 1 aromatic carbocycles. The molecule has 5 heteroatoms. The van der Waals surface area contributed by atoms with Crippen molar-refractivity contribution >= 4 is 11.8 Å². The second kappa shape index (κ2) is 5.47. The number of hydrogen-bond donors (Lipinski definition) is 1. The Labute approximate surface area is 123 Å². The fourth-order valence-electron chi connectivity index (χ4n) is 3.25. The summed E-state index contributed by atoms with van der Waals surface area (Å²) in [6.07, 6.45) is 2.17. The van der Waals surface area contributed by atoms with Crippen LogP contribution in [-0.4, -0.2) is 35.8 Å². The van der Waals surface area contributed by atoms with Gasteiger partial charge < -0.3 is 10.2 Å². The molecule has 1 aromatic rings. The van der Waals surface area contributed by atoms with E-state index in [0.717, 1.165) is 12.8 Å². The fraction of sp³-hybridized carbons (Fsp3) is 0.500. The van der Waals surface area contributed by atoms with E-state index >= 15 is 0 Å². The van der Waals surface area contributed by atoms with Gasteiger partial charge in [0.2, 0.25) is 5.91 Å². The summed E-state index contributed by atoms with van der Waals surface area (Å²) >= 11 is 0. The minimum atomic E-state index is -0.291. The molecule has 112 valence electrons. The molecule has 2 fully saturated rings. The highest BCUT2D eigenvalue weighted by molar-refractivity contribution is 5.94. The Kier molecular flexibility index (Phi) is 3.66. The summed E-state index contributed by atoms with van der Waals surface area (Å²) in [6, 6.07) is 4.69. The predicted molar refractivity (Wildman–Crippen MR) is 76.3 cm³/mol. The van der Waals surface area contributed by atoms with Crippen LogP contribution in [0.2, 0.25) is 0 Å². The molecule has 0 aromatic heterocycles. The maximum Gasteiger partial charge on any atom is 0.253 e. The normalized spacial score (nSPS) is 25.2. The topological polar surface area (TPSA) is 49.4 Å². The van der Waals surface area contributed by atoms with E-state index in [0.29, 0.717) is 36.6 Å². The second-order valence-electron chi connectivity index (χ2n) is 5.98. The average molecular weight is 290 g/mol. The highest BCUT2D eigenvalue weighted by Crippen LogP contribution is 2.26. The van der Waals surface area contributed by atoms with E-state index in [2.05, 4.69) is 5.32 Å². The van der Waals surface area contributed by atoms with Gasteiger partial charge in [-0.1, -0.05) is 0 Å². The fourth-order valence-corrected chi connectivity index (χ4v) is 3.25. The van der Waals surface area contributed by atoms with E-state index in [1.807, 2.05) is 4.90 Å². The quantitative estimate of drug-likeness (QED) is 0.858. The molecule has 0 spiro atoms. The van der Waals surface area contributed by atoms with Gasteiger partial charge in [-0.2, -0.15) is 0 Å². The molecule has 2 heterocycles. The molecular weight excluding hydrogens is 271 g/mol. The Morgan fingerprint density at radius 1 is 1.38 bits per heavy atom. The van der Waals surface area contributed by atoms with Gasteiger partial charge in [-0.15, -0.1) is 0 Å². The van der Waals surface area contributed by atoms with Gasteiger partial charge in [-0.05, 0) is 49.4 Å². The Morgan fingerprint density at radius 2 is 2.19 bits per heavy atom. The number of aryl methyl sites for hydroxylation is 1. The number of amides is 2. The SMILES string of the molecule is Cc1cc(C(=O)N2CCC3NC(=O)CCC3C2)ccc1F. The van der Waals surface area contributed by atoms with Crippen molar-refractivity contribution in [2.75, 3.05) is 13.1 Å². The first-order valence-corrected chi connectivity index (χ1v) is 7.39. The standard InChI is InChI=1S/C16H19FN2O2/c1-10-8-11(2-4-13(10)17)16(21)19-7-6-14-12(9-19)3-5-15(20)18-14/h2,4,8,12,14H,3,5-7,9H2,1H3,(H,18,20). The first-order chi connectivity index (χ1) is 10.0. The number of hydrogen-bond acceptors (Lipinski definition) is 2. The first-order valence-electron chi connectivity index (χ1n) is 7.39. The second-order valence-corrected chi connectivity index (χ2v) is 5.98. The lowest BCUT2D eigenvalue weighted by molar-refractivity contribution is -0.125. The number of fused-ring (bicyclic) bond motifs is 1. The van der Waals surface area contributed by atoms with Gasteiger partial charge in [0.25, 0.3) is 5.91 Å². The summed E-state index contributed by atoms with van der Waals surface area (Å²) < 4.78 is 13.3. The van der Waals surface area contributed by atoms with Crippen LogP contribution in [0.5, 0.6) is 0 Å². The van der Waals surface area contributed by atoms with Crippen molar-refractivity contribution < 1.29 is 14.0 Å². The lowest BCUT2D eigenvalue weighted by Gasteiger charge is -2.41. The molecule has 1 N–H and O–H groups in total. The summed E-state index contributed by atoms with van der Waals surface area (Å²) in [5.74, 6) is 0.112. The molecule has 2 amide bonds. The molecule has 3 rings (SSSR count). The lowest BCUT2D eigenvalue weighted by Crippen LogP contribution is -2.55. The summed E-state index contributed by atoms with van der Waals surface area (Å²) in [5, 5.41) is 3.01. The van der Waals surface area contributed by atoms with Crippen molar-refractivity contribution in [2.24, 2.45) is 5.92 Å². The molecule has 2 saturated heterocycles. The smallest absolute Gasteiger partial charge is 0.253 e. The van der Waals surface area contributed by atoms with Gasteiger partial charge in [-0.3, -0.25) is 9.59 Å². The zero-order valence-electron chi connectivity index (χ0n) is 12.1. The Bertz CT molecular complexity index is 588. The van der Waals surface area contributed by atoms with E-state index in [9.17, 15) is 14.0 Å². The molecule has 2 unspecified atom stereocenters. The zero-order chi connectivity index (χ0) is 15.0. The third kappa shape index (κ3) is 2.77. The number of halogens is 1. The van der Waals surface area contributed by atoms with Crippen molar-refractivity contribution in [2.45, 2.75) is 32.2 Å². The van der Waals surface area contributed by atoms with Crippen LogP contribution in [0.4, 0.5) is 4.39 Å². The third-order valence-electron chi connectivity index (χ3n) is 4.51. The molecular formula is C16H19FN2O2. The highest BCUT2D eigenvalue weighted by Gasteiger charge is 2.35. The Balaban J connectivity index is 1.71. The van der Waals surface area contributed by atoms with Crippen LogP contribution in [-0.2, 0) is 4.79 Å². The lowest BCUT2D eigenvalue weighted by atomic mass is 9.85. The first kappa shape index (κ1) is 14.0. The maximum absolute atomic E-state index is 13.3. The van der Waals surface area contributed by atoms with E-state index < -0.39 is 0 Å². The van der Waals surface area contributed by atoms with Crippen molar-refractivity contribution in [1.29, 1.82) is 0 Å². The minimum absolute atomic E-state index is 0.0477. The monoisotopic (exact) mass is 290 g/mol. The molecule has 21 heavy (non-hydrogen) atoms.